The van der Waals surface area contributed by atoms with Crippen LogP contribution in [0.15, 0.2) is 4.99 Å². The number of aliphatic imine (C=N–C) groups is 1. The van der Waals surface area contributed by atoms with Crippen molar-refractivity contribution >= 4 is 53.3 Å². The van der Waals surface area contributed by atoms with Gasteiger partial charge in [-0.2, -0.15) is 0 Å². The van der Waals surface area contributed by atoms with Gasteiger partial charge in [0.05, 0.1) is 12.2 Å². The van der Waals surface area contributed by atoms with Gasteiger partial charge in [-0.1, -0.05) is 0 Å². The van der Waals surface area contributed by atoms with Gasteiger partial charge in [-0.15, -0.1) is 0 Å². The maximum absolute atomic E-state index is 14.2. The van der Waals surface area contributed by atoms with E-state index in [9.17, 15) is 53.7 Å². The average Bonchev–Trinajstić information content (AvgIpc) is 3.98. The number of amides is 7. The lowest BCUT2D eigenvalue weighted by molar-refractivity contribution is -0.145. The van der Waals surface area contributed by atoms with Gasteiger partial charge in [-0.3, -0.25) is 38.6 Å². The van der Waals surface area contributed by atoms with Crippen molar-refractivity contribution in [1.29, 1.82) is 0 Å². The molecule has 0 aromatic carbocycles. The molecule has 0 unspecified atom stereocenters. The van der Waals surface area contributed by atoms with E-state index in [1.165, 1.54) is 23.6 Å². The first-order chi connectivity index (χ1) is 31.8. The molecule has 10 atom stereocenters. The minimum Gasteiger partial charge on any atom is -0.480 e. The van der Waals surface area contributed by atoms with Gasteiger partial charge in [0.2, 0.25) is 41.4 Å². The minimum atomic E-state index is -1.63. The lowest BCUT2D eigenvalue weighted by atomic mass is 10.0. The van der Waals surface area contributed by atoms with E-state index in [1.807, 2.05) is 0 Å². The van der Waals surface area contributed by atoms with Crippen LogP contribution in [0.25, 0.3) is 0 Å². The van der Waals surface area contributed by atoms with Crippen molar-refractivity contribution in [3.05, 3.63) is 0 Å². The summed E-state index contributed by atoms with van der Waals surface area (Å²) >= 11 is 0. The highest BCUT2D eigenvalue weighted by Crippen LogP contribution is 2.22. The quantitative estimate of drug-likeness (QED) is 0.0176. The smallest absolute Gasteiger partial charge is 0.326 e. The number of aliphatic hydroxyl groups excluding tert-OH is 2. The lowest BCUT2D eigenvalue weighted by Gasteiger charge is -2.32. The second-order valence-corrected chi connectivity index (χ2v) is 17.3. The molecule has 2 fully saturated rings. The van der Waals surface area contributed by atoms with Crippen molar-refractivity contribution in [3.63, 3.8) is 0 Å². The van der Waals surface area contributed by atoms with Crippen molar-refractivity contribution in [3.8, 4) is 0 Å². The van der Waals surface area contributed by atoms with Crippen LogP contribution in [0.3, 0.4) is 0 Å². The molecule has 2 rings (SSSR count). The molecule has 0 aromatic heterocycles. The molecule has 20 N–H and O–H groups in total. The van der Waals surface area contributed by atoms with Crippen LogP contribution in [0.1, 0.15) is 110 Å². The van der Waals surface area contributed by atoms with Gasteiger partial charge < -0.3 is 86.1 Å². The summed E-state index contributed by atoms with van der Waals surface area (Å²) in [7, 11) is 0. The third kappa shape index (κ3) is 19.1. The highest BCUT2D eigenvalue weighted by atomic mass is 16.4. The largest absolute Gasteiger partial charge is 0.480 e. The number of likely N-dealkylation sites (tertiary alicyclic amines) is 2. The van der Waals surface area contributed by atoms with Crippen LogP contribution in [0, 0.1) is 0 Å². The Kier molecular flexibility index (Phi) is 26.1. The number of unbranched alkanes of at least 4 members (excludes halogenated alkanes) is 3. The van der Waals surface area contributed by atoms with Gasteiger partial charge in [0.15, 0.2) is 5.96 Å². The number of nitrogens with one attached hydrogen (secondary N) is 5. The van der Waals surface area contributed by atoms with Gasteiger partial charge in [-0.25, -0.2) is 4.79 Å². The van der Waals surface area contributed by atoms with Crippen LogP contribution in [-0.4, -0.2) is 178 Å². The van der Waals surface area contributed by atoms with Crippen molar-refractivity contribution in [2.24, 2.45) is 39.4 Å². The summed E-state index contributed by atoms with van der Waals surface area (Å²) in [6, 6.07) is -9.88. The minimum absolute atomic E-state index is 0.0123. The Morgan fingerprint density at radius 3 is 1.43 bits per heavy atom. The van der Waals surface area contributed by atoms with E-state index < -0.39 is 108 Å². The fourth-order valence-electron chi connectivity index (χ4n) is 7.97. The van der Waals surface area contributed by atoms with Gasteiger partial charge in [0, 0.05) is 19.6 Å². The van der Waals surface area contributed by atoms with E-state index in [4.69, 9.17) is 34.4 Å². The molecule has 0 aliphatic carbocycles. The summed E-state index contributed by atoms with van der Waals surface area (Å²) in [6.45, 7) is 3.96. The van der Waals surface area contributed by atoms with Crippen molar-refractivity contribution in [2.45, 2.75) is 171 Å². The van der Waals surface area contributed by atoms with Gasteiger partial charge in [0.25, 0.3) is 0 Å². The summed E-state index contributed by atoms with van der Waals surface area (Å²) in [5.41, 5.74) is 33.6. The molecule has 0 spiro atoms. The van der Waals surface area contributed by atoms with Crippen molar-refractivity contribution in [2.75, 3.05) is 39.3 Å². The molecule has 0 aromatic rings. The SMILES string of the molecule is C[C@@H](O)[C@H](N)C(=O)N[C@@H](CCCCN)C(=O)N1CCC[C@H]1C(=O)N[C@@H](CCCCN)C(=O)N[C@H](C(=O)N[C@@H](CCCCN)C(=O)N1CCC[C@H]1C(=O)N[C@@H](CCCN=C(N)N)C(=O)O)[C@@H](C)O. The predicted octanol–water partition coefficient (Wildman–Crippen LogP) is -4.99. The predicted molar refractivity (Wildman–Crippen MR) is 247 cm³/mol. The molecule has 0 bridgehead atoms. The van der Waals surface area contributed by atoms with Crippen molar-refractivity contribution in [1.82, 2.24) is 36.4 Å². The van der Waals surface area contributed by atoms with Crippen LogP contribution >= 0.6 is 0 Å². The van der Waals surface area contributed by atoms with Crippen LogP contribution in [-0.2, 0) is 38.4 Å². The number of nitrogens with two attached hydrogens (primary N) is 6. The van der Waals surface area contributed by atoms with E-state index in [0.717, 1.165) is 0 Å². The number of carboxylic acids is 1. The summed E-state index contributed by atoms with van der Waals surface area (Å²) in [4.78, 5) is 115. The Morgan fingerprint density at radius 2 is 1.01 bits per heavy atom. The van der Waals surface area contributed by atoms with E-state index in [1.54, 1.807) is 0 Å². The van der Waals surface area contributed by atoms with Crippen LogP contribution in [0.4, 0.5) is 0 Å². The zero-order valence-electron chi connectivity index (χ0n) is 39.0. The molecule has 0 saturated carbocycles. The number of carbonyl (C=O) groups is 8. The summed E-state index contributed by atoms with van der Waals surface area (Å²) in [5.74, 6) is -6.50. The standard InChI is InChI=1S/C42H78N14O11/c1-24(57)32(46)37(62)51-27(13-4-7-19-44)39(64)55-22-10-16-30(55)35(60)50-26(12-3-6-18-43)34(59)54-33(25(2)58)38(63)52-28(14-5-8-20-45)40(65)56-23-11-17-31(56)36(61)53-29(41(66)67)15-9-21-49-42(47)48/h24-33,57-58H,3-23,43-46H2,1-2H3,(H,50,60)(H,51,62)(H,52,63)(H,53,61)(H,54,59)(H,66,67)(H4,47,48,49)/t24-,25-,26+,27+,28+,29+,30+,31+,32+,33+/m1/s1. The molecule has 7 amide bonds. The molecular formula is C42H78N14O11. The molecule has 2 heterocycles. The van der Waals surface area contributed by atoms with E-state index >= 15 is 0 Å². The molecule has 0 radical (unpaired) electrons. The number of hydrogen-bond donors (Lipinski definition) is 14. The average molecular weight is 955 g/mol. The second kappa shape index (κ2) is 30.2. The van der Waals surface area contributed by atoms with E-state index in [0.29, 0.717) is 57.9 Å². The fourth-order valence-corrected chi connectivity index (χ4v) is 7.97. The third-order valence-corrected chi connectivity index (χ3v) is 11.8. The molecule has 25 heteroatoms. The zero-order valence-corrected chi connectivity index (χ0v) is 39.0. The molecule has 2 aliphatic rings. The molecular weight excluding hydrogens is 877 g/mol. The number of hydrogen-bond acceptors (Lipinski definition) is 15. The maximum Gasteiger partial charge on any atom is 0.326 e. The Labute approximate surface area is 392 Å². The molecule has 2 saturated heterocycles. The summed E-state index contributed by atoms with van der Waals surface area (Å²) < 4.78 is 0. The van der Waals surface area contributed by atoms with Gasteiger partial charge >= 0.3 is 5.97 Å². The molecule has 382 valence electrons. The Balaban J connectivity index is 2.29. The van der Waals surface area contributed by atoms with E-state index in [-0.39, 0.29) is 83.6 Å². The molecule has 67 heavy (non-hydrogen) atoms. The van der Waals surface area contributed by atoms with Crippen LogP contribution in [0.5, 0.6) is 0 Å². The number of guanidine groups is 1. The number of nitrogens with zero attached hydrogens (tertiary/aromatic N) is 3. The highest BCUT2D eigenvalue weighted by Gasteiger charge is 2.42. The van der Waals surface area contributed by atoms with E-state index in [2.05, 4.69) is 31.6 Å². The molecule has 25 nitrogen and oxygen atoms in total. The second-order valence-electron chi connectivity index (χ2n) is 17.3. The number of aliphatic hydroxyl groups is 2. The maximum atomic E-state index is 14.2. The Morgan fingerprint density at radius 1 is 0.582 bits per heavy atom. The molecule has 2 aliphatic heterocycles. The lowest BCUT2D eigenvalue weighted by Crippen LogP contribution is -2.61. The third-order valence-electron chi connectivity index (χ3n) is 11.8. The van der Waals surface area contributed by atoms with Crippen LogP contribution in [0.2, 0.25) is 0 Å². The summed E-state index contributed by atoms with van der Waals surface area (Å²) in [6.07, 6.45) is 1.96. The van der Waals surface area contributed by atoms with Crippen molar-refractivity contribution < 1.29 is 53.7 Å². The summed E-state index contributed by atoms with van der Waals surface area (Å²) in [5, 5.41) is 43.5. The van der Waals surface area contributed by atoms with Gasteiger partial charge in [0.1, 0.15) is 48.3 Å². The Bertz CT molecular complexity index is 1670. The Hall–Kier alpha value is -5.21. The van der Waals surface area contributed by atoms with Gasteiger partial charge in [-0.05, 0) is 130 Å². The highest BCUT2D eigenvalue weighted by molar-refractivity contribution is 5.98. The first-order valence-electron chi connectivity index (χ1n) is 23.4. The number of aliphatic carboxylic acids is 1. The topological polar surface area (TPSA) is 432 Å². The number of carbonyl (C=O) groups excluding carboxylic acids is 7. The fraction of sp³-hybridized carbons (Fsp3) is 0.786. The monoisotopic (exact) mass is 955 g/mol. The normalized spacial score (nSPS) is 19.4. The zero-order chi connectivity index (χ0) is 50.2. The number of carboxylic acid groups (broad SMARTS) is 1. The number of rotatable bonds is 31. The first-order valence-corrected chi connectivity index (χ1v) is 23.4. The first kappa shape index (κ1) is 57.9. The van der Waals surface area contributed by atoms with Crippen LogP contribution < -0.4 is 61.0 Å².